The molecule has 1 heterocycles. The van der Waals surface area contributed by atoms with E-state index in [1.807, 2.05) is 18.2 Å². The predicted octanol–water partition coefficient (Wildman–Crippen LogP) is 3.72. The summed E-state index contributed by atoms with van der Waals surface area (Å²) in [5.74, 6) is -0.584. The molecule has 0 bridgehead atoms. The van der Waals surface area contributed by atoms with Crippen molar-refractivity contribution >= 4 is 33.2 Å². The monoisotopic (exact) mass is 362 g/mol. The van der Waals surface area contributed by atoms with Crippen molar-refractivity contribution in [3.05, 3.63) is 64.4 Å². The maximum absolute atomic E-state index is 12.9. The van der Waals surface area contributed by atoms with Gasteiger partial charge < -0.3 is 10.2 Å². The number of benzene rings is 2. The number of nitrogens with one attached hydrogen (secondary N) is 1. The molecule has 1 aliphatic heterocycles. The average molecular weight is 363 g/mol. The Morgan fingerprint density at radius 1 is 1.23 bits per heavy atom. The lowest BCUT2D eigenvalue weighted by Crippen LogP contribution is -2.28. The molecule has 2 aromatic carbocycles. The molecule has 0 saturated heterocycles. The second kappa shape index (κ2) is 6.27. The third-order valence-corrected chi connectivity index (χ3v) is 3.96. The summed E-state index contributed by atoms with van der Waals surface area (Å²) in [4.78, 5) is 17.4. The molecule has 22 heavy (non-hydrogen) atoms. The van der Waals surface area contributed by atoms with Crippen LogP contribution in [0.1, 0.15) is 12.0 Å². The van der Waals surface area contributed by atoms with Gasteiger partial charge in [-0.1, -0.05) is 29.4 Å². The number of halogens is 2. The SMILES string of the molecule is O=C(Nc1ccccc1Br)C1CC(c2ccc(F)cc2)=NO1. The predicted molar refractivity (Wildman–Crippen MR) is 85.2 cm³/mol. The summed E-state index contributed by atoms with van der Waals surface area (Å²) in [5.41, 5.74) is 2.05. The molecular weight excluding hydrogens is 351 g/mol. The Morgan fingerprint density at radius 3 is 2.68 bits per heavy atom. The number of rotatable bonds is 3. The summed E-state index contributed by atoms with van der Waals surface area (Å²) < 4.78 is 13.7. The number of carbonyl (C=O) groups excluding carboxylic acids is 1. The second-order valence-electron chi connectivity index (χ2n) is 4.81. The normalized spacial score (nSPS) is 16.8. The van der Waals surface area contributed by atoms with E-state index >= 15 is 0 Å². The Balaban J connectivity index is 1.65. The van der Waals surface area contributed by atoms with E-state index in [0.717, 1.165) is 10.0 Å². The molecule has 0 saturated carbocycles. The molecule has 0 aromatic heterocycles. The maximum atomic E-state index is 12.9. The zero-order valence-corrected chi connectivity index (χ0v) is 13.0. The van der Waals surface area contributed by atoms with Crippen LogP contribution < -0.4 is 5.32 Å². The van der Waals surface area contributed by atoms with Crippen molar-refractivity contribution in [2.24, 2.45) is 5.16 Å². The van der Waals surface area contributed by atoms with Crippen molar-refractivity contribution in [1.82, 2.24) is 0 Å². The van der Waals surface area contributed by atoms with Gasteiger partial charge in [0.2, 0.25) is 6.10 Å². The summed E-state index contributed by atoms with van der Waals surface area (Å²) in [6.45, 7) is 0. The van der Waals surface area contributed by atoms with Gasteiger partial charge in [-0.3, -0.25) is 4.79 Å². The third-order valence-electron chi connectivity index (χ3n) is 3.27. The highest BCUT2D eigenvalue weighted by atomic mass is 79.9. The molecule has 1 unspecified atom stereocenters. The molecule has 0 radical (unpaired) electrons. The Kier molecular flexibility index (Phi) is 4.20. The standard InChI is InChI=1S/C16H12BrFN2O2/c17-12-3-1-2-4-13(12)19-16(21)15-9-14(20-22-15)10-5-7-11(18)8-6-10/h1-8,15H,9H2,(H,19,21). The number of oxime groups is 1. The summed E-state index contributed by atoms with van der Waals surface area (Å²) in [5, 5.41) is 6.71. The Bertz CT molecular complexity index is 731. The van der Waals surface area contributed by atoms with Crippen molar-refractivity contribution in [1.29, 1.82) is 0 Å². The first-order valence-electron chi connectivity index (χ1n) is 6.67. The molecule has 1 aliphatic rings. The van der Waals surface area contributed by atoms with Crippen LogP contribution in [0.15, 0.2) is 58.2 Å². The van der Waals surface area contributed by atoms with Gasteiger partial charge in [-0.15, -0.1) is 0 Å². The lowest BCUT2D eigenvalue weighted by atomic mass is 10.0. The summed E-state index contributed by atoms with van der Waals surface area (Å²) >= 11 is 3.37. The summed E-state index contributed by atoms with van der Waals surface area (Å²) in [6, 6.07) is 13.3. The molecule has 1 atom stereocenters. The van der Waals surface area contributed by atoms with Gasteiger partial charge in [0.1, 0.15) is 5.82 Å². The quantitative estimate of drug-likeness (QED) is 0.904. The molecule has 1 amide bonds. The van der Waals surface area contributed by atoms with Gasteiger partial charge in [0.15, 0.2) is 0 Å². The first kappa shape index (κ1) is 14.7. The van der Waals surface area contributed by atoms with Crippen LogP contribution in [0, 0.1) is 5.82 Å². The smallest absolute Gasteiger partial charge is 0.268 e. The van der Waals surface area contributed by atoms with Gasteiger partial charge in [0.25, 0.3) is 5.91 Å². The molecule has 112 valence electrons. The lowest BCUT2D eigenvalue weighted by Gasteiger charge is -2.10. The van der Waals surface area contributed by atoms with E-state index in [1.165, 1.54) is 12.1 Å². The minimum Gasteiger partial charge on any atom is -0.382 e. The van der Waals surface area contributed by atoms with Gasteiger partial charge in [-0.2, -0.15) is 0 Å². The largest absolute Gasteiger partial charge is 0.382 e. The Morgan fingerprint density at radius 2 is 1.95 bits per heavy atom. The Labute approximate surface area is 135 Å². The Hall–Kier alpha value is -2.21. The minimum atomic E-state index is -0.688. The van der Waals surface area contributed by atoms with E-state index in [9.17, 15) is 9.18 Å². The zero-order valence-electron chi connectivity index (χ0n) is 11.4. The average Bonchev–Trinajstić information content (AvgIpc) is 3.00. The molecule has 6 heteroatoms. The van der Waals surface area contributed by atoms with Crippen LogP contribution in [0.2, 0.25) is 0 Å². The molecule has 0 fully saturated rings. The van der Waals surface area contributed by atoms with E-state index in [-0.39, 0.29) is 11.7 Å². The van der Waals surface area contributed by atoms with E-state index < -0.39 is 6.10 Å². The van der Waals surface area contributed by atoms with E-state index in [2.05, 4.69) is 26.4 Å². The van der Waals surface area contributed by atoms with Crippen molar-refractivity contribution < 1.29 is 14.0 Å². The van der Waals surface area contributed by atoms with Crippen LogP contribution in [-0.2, 0) is 9.63 Å². The van der Waals surface area contributed by atoms with Gasteiger partial charge in [0, 0.05) is 10.9 Å². The highest BCUT2D eigenvalue weighted by molar-refractivity contribution is 9.10. The fourth-order valence-electron chi connectivity index (χ4n) is 2.11. The fourth-order valence-corrected chi connectivity index (χ4v) is 2.49. The number of anilines is 1. The summed E-state index contributed by atoms with van der Waals surface area (Å²) in [6.07, 6.45) is -0.339. The minimum absolute atomic E-state index is 0.271. The van der Waals surface area contributed by atoms with Gasteiger partial charge >= 0.3 is 0 Å². The highest BCUT2D eigenvalue weighted by Gasteiger charge is 2.29. The molecule has 4 nitrogen and oxygen atoms in total. The highest BCUT2D eigenvalue weighted by Crippen LogP contribution is 2.23. The van der Waals surface area contributed by atoms with E-state index in [0.29, 0.717) is 17.8 Å². The number of carbonyl (C=O) groups is 1. The van der Waals surface area contributed by atoms with Crippen LogP contribution >= 0.6 is 15.9 Å². The topological polar surface area (TPSA) is 50.7 Å². The number of amides is 1. The van der Waals surface area contributed by atoms with Crippen molar-refractivity contribution in [3.63, 3.8) is 0 Å². The van der Waals surface area contributed by atoms with Crippen LogP contribution in [0.3, 0.4) is 0 Å². The van der Waals surface area contributed by atoms with Crippen molar-refractivity contribution in [3.8, 4) is 0 Å². The van der Waals surface area contributed by atoms with Crippen LogP contribution in [0.4, 0.5) is 10.1 Å². The number of nitrogens with zero attached hydrogens (tertiary/aromatic N) is 1. The molecule has 0 aliphatic carbocycles. The lowest BCUT2D eigenvalue weighted by molar-refractivity contribution is -0.125. The van der Waals surface area contributed by atoms with E-state index in [4.69, 9.17) is 4.84 Å². The number of para-hydroxylation sites is 1. The van der Waals surface area contributed by atoms with Gasteiger partial charge in [-0.25, -0.2) is 4.39 Å². The zero-order chi connectivity index (χ0) is 15.5. The third kappa shape index (κ3) is 3.17. The van der Waals surface area contributed by atoms with Crippen LogP contribution in [0.5, 0.6) is 0 Å². The van der Waals surface area contributed by atoms with Gasteiger partial charge in [0.05, 0.1) is 11.4 Å². The van der Waals surface area contributed by atoms with Crippen molar-refractivity contribution in [2.45, 2.75) is 12.5 Å². The first-order valence-corrected chi connectivity index (χ1v) is 7.47. The van der Waals surface area contributed by atoms with Crippen LogP contribution in [-0.4, -0.2) is 17.7 Å². The van der Waals surface area contributed by atoms with Gasteiger partial charge in [-0.05, 0) is 45.8 Å². The number of hydrogen-bond acceptors (Lipinski definition) is 3. The molecule has 2 aromatic rings. The first-order chi connectivity index (χ1) is 10.6. The number of hydrogen-bond donors (Lipinski definition) is 1. The molecule has 1 N–H and O–H groups in total. The molecule has 3 rings (SSSR count). The van der Waals surface area contributed by atoms with Crippen LogP contribution in [0.25, 0.3) is 0 Å². The second-order valence-corrected chi connectivity index (χ2v) is 5.67. The van der Waals surface area contributed by atoms with Crippen molar-refractivity contribution in [2.75, 3.05) is 5.32 Å². The molecule has 0 spiro atoms. The molecular formula is C16H12BrFN2O2. The van der Waals surface area contributed by atoms with E-state index in [1.54, 1.807) is 18.2 Å². The maximum Gasteiger partial charge on any atom is 0.268 e. The summed E-state index contributed by atoms with van der Waals surface area (Å²) in [7, 11) is 0. The fraction of sp³-hybridized carbons (Fsp3) is 0.125.